The van der Waals surface area contributed by atoms with Crippen molar-refractivity contribution in [1.82, 2.24) is 4.98 Å². The van der Waals surface area contributed by atoms with Gasteiger partial charge >= 0.3 is 5.97 Å². The number of hydrogen-bond donors (Lipinski definition) is 0. The quantitative estimate of drug-likeness (QED) is 0.754. The molecule has 0 saturated carbocycles. The number of carbonyl (C=O) groups excluding carboxylic acids is 1. The minimum atomic E-state index is -2.96. The molecule has 0 aliphatic heterocycles. The molecule has 1 aromatic heterocycles. The molecule has 0 atom stereocenters. The summed E-state index contributed by atoms with van der Waals surface area (Å²) in [6.45, 7) is 0. The molecule has 0 unspecified atom stereocenters. The van der Waals surface area contributed by atoms with Crippen LogP contribution in [0.4, 0.5) is 8.78 Å². The highest BCUT2D eigenvalue weighted by atomic mass is 19.3. The molecule has 7 heteroatoms. The number of nitrogens with zero attached hydrogens (tertiary/aromatic N) is 2. The Morgan fingerprint density at radius 3 is 2.59 bits per heavy atom. The number of rotatable bonds is 3. The van der Waals surface area contributed by atoms with E-state index in [1.165, 1.54) is 13.2 Å². The first-order valence-electron chi connectivity index (χ1n) is 4.40. The summed E-state index contributed by atoms with van der Waals surface area (Å²) in [6, 6.07) is 1.51. The minimum absolute atomic E-state index is 0.0854. The summed E-state index contributed by atoms with van der Waals surface area (Å²) in [5.41, 5.74) is -1.65. The highest BCUT2D eigenvalue weighted by molar-refractivity contribution is 5.95. The van der Waals surface area contributed by atoms with Gasteiger partial charge in [-0.05, 0) is 0 Å². The van der Waals surface area contributed by atoms with Crippen LogP contribution in [0.5, 0.6) is 5.75 Å². The second-order valence-corrected chi connectivity index (χ2v) is 2.87. The lowest BCUT2D eigenvalue weighted by Crippen LogP contribution is -2.10. The molecule has 0 bridgehead atoms. The molecule has 90 valence electrons. The standard InChI is InChI=1S/C10H8F2N2O3/c1-16-6-4-14-8(9(11)12)5(3-13)7(6)10(15)17-2/h4,9H,1-2H3. The second kappa shape index (κ2) is 5.21. The summed E-state index contributed by atoms with van der Waals surface area (Å²) in [4.78, 5) is 14.8. The van der Waals surface area contributed by atoms with E-state index in [2.05, 4.69) is 9.72 Å². The Kier molecular flexibility index (Phi) is 3.93. The van der Waals surface area contributed by atoms with E-state index >= 15 is 0 Å². The van der Waals surface area contributed by atoms with E-state index in [-0.39, 0.29) is 11.3 Å². The van der Waals surface area contributed by atoms with Gasteiger partial charge in [0, 0.05) is 0 Å². The average molecular weight is 242 g/mol. The van der Waals surface area contributed by atoms with Crippen molar-refractivity contribution < 1.29 is 23.0 Å². The fraction of sp³-hybridized carbons (Fsp3) is 0.300. The molecule has 0 aliphatic rings. The fourth-order valence-electron chi connectivity index (χ4n) is 1.25. The lowest BCUT2D eigenvalue weighted by molar-refractivity contribution is 0.0595. The summed E-state index contributed by atoms with van der Waals surface area (Å²) in [5, 5.41) is 8.83. The molecule has 0 radical (unpaired) electrons. The first-order valence-corrected chi connectivity index (χ1v) is 4.40. The van der Waals surface area contributed by atoms with E-state index in [0.29, 0.717) is 0 Å². The Balaban J connectivity index is 3.56. The third kappa shape index (κ3) is 2.30. The number of nitriles is 1. The summed E-state index contributed by atoms with van der Waals surface area (Å²) in [5.74, 6) is -1.01. The molecule has 1 aromatic rings. The number of ether oxygens (including phenoxy) is 2. The van der Waals surface area contributed by atoms with Crippen LogP contribution in [0.1, 0.15) is 28.0 Å². The molecule has 1 rings (SSSR count). The second-order valence-electron chi connectivity index (χ2n) is 2.87. The fourth-order valence-corrected chi connectivity index (χ4v) is 1.25. The van der Waals surface area contributed by atoms with E-state index < -0.39 is 23.7 Å². The van der Waals surface area contributed by atoms with Crippen LogP contribution in [0, 0.1) is 11.3 Å². The van der Waals surface area contributed by atoms with Gasteiger partial charge in [-0.1, -0.05) is 0 Å². The maximum Gasteiger partial charge on any atom is 0.343 e. The first kappa shape index (κ1) is 12.8. The first-order chi connectivity index (χ1) is 8.06. The number of pyridine rings is 1. The molecule has 0 N–H and O–H groups in total. The topological polar surface area (TPSA) is 72.2 Å². The molecule has 0 spiro atoms. The predicted octanol–water partition coefficient (Wildman–Crippen LogP) is 1.69. The summed E-state index contributed by atoms with van der Waals surface area (Å²) in [6.07, 6.45) is -2.01. The maximum atomic E-state index is 12.6. The Morgan fingerprint density at radius 1 is 1.53 bits per heavy atom. The van der Waals surface area contributed by atoms with Crippen molar-refractivity contribution >= 4 is 5.97 Å². The molecule has 0 amide bonds. The van der Waals surface area contributed by atoms with Crippen molar-refractivity contribution in [1.29, 1.82) is 5.26 Å². The van der Waals surface area contributed by atoms with Crippen LogP contribution in [-0.4, -0.2) is 25.2 Å². The average Bonchev–Trinajstić information content (AvgIpc) is 2.35. The molecule has 17 heavy (non-hydrogen) atoms. The van der Waals surface area contributed by atoms with Crippen LogP contribution in [0.15, 0.2) is 6.20 Å². The van der Waals surface area contributed by atoms with Crippen LogP contribution < -0.4 is 4.74 Å². The van der Waals surface area contributed by atoms with Crippen LogP contribution >= 0.6 is 0 Å². The Morgan fingerprint density at radius 2 is 2.18 bits per heavy atom. The molecule has 0 aliphatic carbocycles. The largest absolute Gasteiger partial charge is 0.494 e. The Hall–Kier alpha value is -2.23. The molecule has 5 nitrogen and oxygen atoms in total. The molecule has 0 saturated heterocycles. The van der Waals surface area contributed by atoms with Crippen LogP contribution in [0.3, 0.4) is 0 Å². The highest BCUT2D eigenvalue weighted by Gasteiger charge is 2.26. The molecule has 1 heterocycles. The number of methoxy groups -OCH3 is 2. The van der Waals surface area contributed by atoms with E-state index in [1.807, 2.05) is 0 Å². The van der Waals surface area contributed by atoms with Crippen LogP contribution in [0.2, 0.25) is 0 Å². The molecule has 0 fully saturated rings. The van der Waals surface area contributed by atoms with Crippen LogP contribution in [0.25, 0.3) is 0 Å². The zero-order valence-electron chi connectivity index (χ0n) is 9.03. The lowest BCUT2D eigenvalue weighted by atomic mass is 10.1. The van der Waals surface area contributed by atoms with Crippen molar-refractivity contribution in [3.05, 3.63) is 23.0 Å². The van der Waals surface area contributed by atoms with Gasteiger partial charge < -0.3 is 9.47 Å². The van der Waals surface area contributed by atoms with Gasteiger partial charge in [0.1, 0.15) is 17.3 Å². The van der Waals surface area contributed by atoms with Gasteiger partial charge in [0.05, 0.1) is 26.0 Å². The van der Waals surface area contributed by atoms with Crippen molar-refractivity contribution in [2.24, 2.45) is 0 Å². The zero-order chi connectivity index (χ0) is 13.0. The van der Waals surface area contributed by atoms with Gasteiger partial charge in [0.15, 0.2) is 5.75 Å². The van der Waals surface area contributed by atoms with Gasteiger partial charge in [-0.3, -0.25) is 0 Å². The highest BCUT2D eigenvalue weighted by Crippen LogP contribution is 2.29. The maximum absolute atomic E-state index is 12.6. The van der Waals surface area contributed by atoms with Gasteiger partial charge in [0.2, 0.25) is 0 Å². The third-order valence-corrected chi connectivity index (χ3v) is 2.00. The van der Waals surface area contributed by atoms with E-state index in [1.54, 1.807) is 0 Å². The Labute approximate surface area is 95.6 Å². The monoisotopic (exact) mass is 242 g/mol. The van der Waals surface area contributed by atoms with E-state index in [9.17, 15) is 13.6 Å². The van der Waals surface area contributed by atoms with Crippen molar-refractivity contribution in [2.45, 2.75) is 6.43 Å². The van der Waals surface area contributed by atoms with Gasteiger partial charge in [-0.25, -0.2) is 18.6 Å². The number of carbonyl (C=O) groups is 1. The summed E-state index contributed by atoms with van der Waals surface area (Å²) in [7, 11) is 2.30. The van der Waals surface area contributed by atoms with E-state index in [0.717, 1.165) is 13.3 Å². The number of halogens is 2. The zero-order valence-corrected chi connectivity index (χ0v) is 9.03. The van der Waals surface area contributed by atoms with Crippen molar-refractivity contribution in [2.75, 3.05) is 14.2 Å². The SMILES string of the molecule is COC(=O)c1c(OC)cnc(C(F)F)c1C#N. The van der Waals surface area contributed by atoms with Crippen molar-refractivity contribution in [3.63, 3.8) is 0 Å². The number of hydrogen-bond acceptors (Lipinski definition) is 5. The normalized spacial score (nSPS) is 9.88. The smallest absolute Gasteiger partial charge is 0.343 e. The predicted molar refractivity (Wildman–Crippen MR) is 51.8 cm³/mol. The van der Waals surface area contributed by atoms with Gasteiger partial charge in [0.25, 0.3) is 6.43 Å². The molecular weight excluding hydrogens is 234 g/mol. The lowest BCUT2D eigenvalue weighted by Gasteiger charge is -2.10. The van der Waals surface area contributed by atoms with Gasteiger partial charge in [-0.15, -0.1) is 0 Å². The number of alkyl halides is 2. The third-order valence-electron chi connectivity index (χ3n) is 2.00. The minimum Gasteiger partial charge on any atom is -0.494 e. The van der Waals surface area contributed by atoms with Gasteiger partial charge in [-0.2, -0.15) is 5.26 Å². The number of esters is 1. The summed E-state index contributed by atoms with van der Waals surface area (Å²) >= 11 is 0. The summed E-state index contributed by atoms with van der Waals surface area (Å²) < 4.78 is 34.4. The van der Waals surface area contributed by atoms with Crippen molar-refractivity contribution in [3.8, 4) is 11.8 Å². The number of aromatic nitrogens is 1. The van der Waals surface area contributed by atoms with Crippen LogP contribution in [-0.2, 0) is 4.74 Å². The Bertz CT molecular complexity index is 483. The molecular formula is C10H8F2N2O3. The van der Waals surface area contributed by atoms with E-state index in [4.69, 9.17) is 10.00 Å². The molecule has 0 aromatic carbocycles.